The third-order valence-corrected chi connectivity index (χ3v) is 0.918. The summed E-state index contributed by atoms with van der Waals surface area (Å²) in [4.78, 5) is 0. The van der Waals surface area contributed by atoms with E-state index in [0.29, 0.717) is 0 Å². The zero-order chi connectivity index (χ0) is 5.86. The Morgan fingerprint density at radius 2 is 1.71 bits per heavy atom. The van der Waals surface area contributed by atoms with Crippen LogP contribution in [0.4, 0.5) is 0 Å². The average Bonchev–Trinajstić information content (AvgIpc) is 1.65. The first-order chi connectivity index (χ1) is 3.18. The molecule has 0 fully saturated rings. The number of rotatable bonds is 1. The molecule has 0 rings (SSSR count). The van der Waals surface area contributed by atoms with Crippen molar-refractivity contribution in [1.82, 2.24) is 5.48 Å². The van der Waals surface area contributed by atoms with Crippen molar-refractivity contribution in [3.8, 4) is 0 Å². The van der Waals surface area contributed by atoms with Crippen molar-refractivity contribution in [1.29, 1.82) is 0 Å². The van der Waals surface area contributed by atoms with Gasteiger partial charge in [-0.05, 0) is 20.8 Å². The standard InChI is InChI=1S/C5H11NO/c1-4(2)5(3)6-7/h6-7H,1-3H3. The van der Waals surface area contributed by atoms with Crippen LogP contribution in [-0.4, -0.2) is 5.21 Å². The number of allylic oxidation sites excluding steroid dienone is 2. The normalized spacial score (nSPS) is 8.00. The van der Waals surface area contributed by atoms with Crippen LogP contribution in [0.5, 0.6) is 0 Å². The van der Waals surface area contributed by atoms with Crippen molar-refractivity contribution < 1.29 is 5.21 Å². The summed E-state index contributed by atoms with van der Waals surface area (Å²) in [7, 11) is 0. The molecule has 0 radical (unpaired) electrons. The van der Waals surface area contributed by atoms with Crippen LogP contribution in [0.25, 0.3) is 0 Å². The van der Waals surface area contributed by atoms with Gasteiger partial charge in [-0.2, -0.15) is 0 Å². The molecule has 0 amide bonds. The zero-order valence-corrected chi connectivity index (χ0v) is 4.95. The minimum absolute atomic E-state index is 0.819. The fraction of sp³-hybridized carbons (Fsp3) is 0.600. The monoisotopic (exact) mass is 101 g/mol. The lowest BCUT2D eigenvalue weighted by molar-refractivity contribution is 0.199. The van der Waals surface area contributed by atoms with Gasteiger partial charge < -0.3 is 0 Å². The molecule has 2 N–H and O–H groups in total. The number of hydrogen-bond donors (Lipinski definition) is 2. The van der Waals surface area contributed by atoms with Gasteiger partial charge in [0.25, 0.3) is 0 Å². The highest BCUT2D eigenvalue weighted by atomic mass is 16.5. The Bertz CT molecular complexity index is 82.1. The van der Waals surface area contributed by atoms with E-state index in [1.807, 2.05) is 26.3 Å². The molecule has 0 saturated heterocycles. The molecule has 0 atom stereocenters. The summed E-state index contributed by atoms with van der Waals surface area (Å²) < 4.78 is 0. The van der Waals surface area contributed by atoms with Crippen molar-refractivity contribution in [2.75, 3.05) is 0 Å². The molecule has 0 unspecified atom stereocenters. The van der Waals surface area contributed by atoms with Gasteiger partial charge in [-0.15, -0.1) is 0 Å². The Morgan fingerprint density at radius 1 is 1.29 bits per heavy atom. The first-order valence-corrected chi connectivity index (χ1v) is 2.22. The molecule has 0 aliphatic carbocycles. The molecule has 0 aromatic heterocycles. The molecule has 2 heteroatoms. The first kappa shape index (κ1) is 6.50. The first-order valence-electron chi connectivity index (χ1n) is 2.22. The predicted molar refractivity (Wildman–Crippen MR) is 29.0 cm³/mol. The van der Waals surface area contributed by atoms with Gasteiger partial charge in [0.1, 0.15) is 0 Å². The lowest BCUT2D eigenvalue weighted by Crippen LogP contribution is -2.03. The van der Waals surface area contributed by atoms with Crippen LogP contribution in [0.3, 0.4) is 0 Å². The Morgan fingerprint density at radius 3 is 1.71 bits per heavy atom. The lowest BCUT2D eigenvalue weighted by atomic mass is 10.3. The van der Waals surface area contributed by atoms with Crippen molar-refractivity contribution in [3.63, 3.8) is 0 Å². The summed E-state index contributed by atoms with van der Waals surface area (Å²) >= 11 is 0. The van der Waals surface area contributed by atoms with E-state index in [2.05, 4.69) is 0 Å². The Balaban J connectivity index is 3.72. The average molecular weight is 101 g/mol. The molecule has 0 aromatic rings. The SMILES string of the molecule is CC(C)=C(C)NO. The van der Waals surface area contributed by atoms with Crippen LogP contribution in [0.1, 0.15) is 20.8 Å². The molecule has 0 spiro atoms. The van der Waals surface area contributed by atoms with E-state index in [0.717, 1.165) is 11.3 Å². The number of hydrogen-bond acceptors (Lipinski definition) is 2. The van der Waals surface area contributed by atoms with Crippen LogP contribution >= 0.6 is 0 Å². The van der Waals surface area contributed by atoms with Crippen molar-refractivity contribution in [2.45, 2.75) is 20.8 Å². The lowest BCUT2D eigenvalue weighted by Gasteiger charge is -1.97. The number of nitrogens with one attached hydrogen (secondary N) is 1. The second-order valence-corrected chi connectivity index (χ2v) is 1.74. The minimum Gasteiger partial charge on any atom is -0.291 e. The fourth-order valence-electron chi connectivity index (χ4n) is 0.112. The molecule has 0 aromatic carbocycles. The molecule has 42 valence electrons. The topological polar surface area (TPSA) is 32.3 Å². The summed E-state index contributed by atoms with van der Waals surface area (Å²) in [6.45, 7) is 5.67. The Labute approximate surface area is 43.8 Å². The van der Waals surface area contributed by atoms with Crippen LogP contribution in [0, 0.1) is 0 Å². The molecule has 0 bridgehead atoms. The zero-order valence-electron chi connectivity index (χ0n) is 4.95. The molecular weight excluding hydrogens is 90.1 g/mol. The summed E-state index contributed by atoms with van der Waals surface area (Å²) in [6, 6.07) is 0. The van der Waals surface area contributed by atoms with Crippen molar-refractivity contribution in [2.24, 2.45) is 0 Å². The van der Waals surface area contributed by atoms with Crippen LogP contribution in [0.2, 0.25) is 0 Å². The summed E-state index contributed by atoms with van der Waals surface area (Å²) in [5, 5.41) is 8.20. The molecule has 2 nitrogen and oxygen atoms in total. The van der Waals surface area contributed by atoms with Crippen LogP contribution < -0.4 is 5.48 Å². The quantitative estimate of drug-likeness (QED) is 0.487. The van der Waals surface area contributed by atoms with Gasteiger partial charge >= 0.3 is 0 Å². The third-order valence-electron chi connectivity index (χ3n) is 0.918. The van der Waals surface area contributed by atoms with Crippen LogP contribution in [-0.2, 0) is 0 Å². The molecule has 0 saturated carbocycles. The Kier molecular flexibility index (Phi) is 2.45. The van der Waals surface area contributed by atoms with E-state index >= 15 is 0 Å². The van der Waals surface area contributed by atoms with E-state index in [1.165, 1.54) is 0 Å². The van der Waals surface area contributed by atoms with Gasteiger partial charge in [0.2, 0.25) is 0 Å². The third kappa shape index (κ3) is 2.23. The van der Waals surface area contributed by atoms with Crippen LogP contribution in [0.15, 0.2) is 11.3 Å². The molecule has 0 heterocycles. The van der Waals surface area contributed by atoms with Gasteiger partial charge in [0, 0.05) is 5.70 Å². The van der Waals surface area contributed by atoms with Gasteiger partial charge in [-0.25, -0.2) is 0 Å². The highest BCUT2D eigenvalue weighted by Crippen LogP contribution is 1.93. The van der Waals surface area contributed by atoms with Gasteiger partial charge in [-0.1, -0.05) is 5.57 Å². The van der Waals surface area contributed by atoms with E-state index in [9.17, 15) is 0 Å². The molecule has 7 heavy (non-hydrogen) atoms. The van der Waals surface area contributed by atoms with E-state index in [-0.39, 0.29) is 0 Å². The summed E-state index contributed by atoms with van der Waals surface area (Å²) in [5.41, 5.74) is 3.96. The van der Waals surface area contributed by atoms with E-state index in [1.54, 1.807) is 0 Å². The number of hydroxylamine groups is 1. The van der Waals surface area contributed by atoms with E-state index < -0.39 is 0 Å². The largest absolute Gasteiger partial charge is 0.291 e. The Hall–Kier alpha value is -0.500. The smallest absolute Gasteiger partial charge is 0.0331 e. The highest BCUT2D eigenvalue weighted by molar-refractivity contribution is 5.01. The van der Waals surface area contributed by atoms with E-state index in [4.69, 9.17) is 5.21 Å². The summed E-state index contributed by atoms with van der Waals surface area (Å²) in [5.74, 6) is 0. The van der Waals surface area contributed by atoms with Crippen molar-refractivity contribution >= 4 is 0 Å². The maximum Gasteiger partial charge on any atom is 0.0331 e. The maximum absolute atomic E-state index is 8.20. The minimum atomic E-state index is 0.819. The fourth-order valence-corrected chi connectivity index (χ4v) is 0.112. The van der Waals surface area contributed by atoms with Gasteiger partial charge in [0.05, 0.1) is 0 Å². The molecule has 0 aliphatic rings. The van der Waals surface area contributed by atoms with Gasteiger partial charge in [0.15, 0.2) is 0 Å². The maximum atomic E-state index is 8.20. The van der Waals surface area contributed by atoms with Gasteiger partial charge in [-0.3, -0.25) is 10.7 Å². The predicted octanol–water partition coefficient (Wildman–Crippen LogP) is 1.28. The summed E-state index contributed by atoms with van der Waals surface area (Å²) in [6.07, 6.45) is 0. The molecular formula is C5H11NO. The second-order valence-electron chi connectivity index (χ2n) is 1.74. The molecule has 0 aliphatic heterocycles. The highest BCUT2D eigenvalue weighted by Gasteiger charge is 1.82. The second kappa shape index (κ2) is 2.64. The van der Waals surface area contributed by atoms with Crippen molar-refractivity contribution in [3.05, 3.63) is 11.3 Å².